The topological polar surface area (TPSA) is 69.5 Å². The number of pyridine rings is 1. The molecule has 0 unspecified atom stereocenters. The first-order valence-electron chi connectivity index (χ1n) is 10.2. The highest BCUT2D eigenvalue weighted by molar-refractivity contribution is 5.98. The second kappa shape index (κ2) is 7.75. The molecule has 3 heterocycles. The number of anilines is 1. The van der Waals surface area contributed by atoms with Crippen molar-refractivity contribution in [2.75, 3.05) is 18.0 Å². The number of piperidine rings is 1. The Labute approximate surface area is 171 Å². The number of benzene rings is 1. The van der Waals surface area contributed by atoms with E-state index in [2.05, 4.69) is 11.0 Å². The molecule has 1 fully saturated rings. The summed E-state index contributed by atoms with van der Waals surface area (Å²) in [4.78, 5) is 21.6. The Balaban J connectivity index is 1.44. The Hall–Kier alpha value is -3.07. The van der Waals surface area contributed by atoms with Gasteiger partial charge >= 0.3 is 0 Å². The third kappa shape index (κ3) is 3.77. The Kier molecular flexibility index (Phi) is 5.14. The van der Waals surface area contributed by atoms with Crippen molar-refractivity contribution < 1.29 is 9.53 Å². The van der Waals surface area contributed by atoms with Crippen molar-refractivity contribution in [3.05, 3.63) is 52.7 Å². The van der Waals surface area contributed by atoms with E-state index in [0.717, 1.165) is 54.3 Å². The van der Waals surface area contributed by atoms with Crippen LogP contribution in [0.3, 0.4) is 0 Å². The summed E-state index contributed by atoms with van der Waals surface area (Å²) in [5.41, 5.74) is 3.29. The summed E-state index contributed by atoms with van der Waals surface area (Å²) in [6.45, 7) is 8.41. The van der Waals surface area contributed by atoms with E-state index in [1.165, 1.54) is 0 Å². The van der Waals surface area contributed by atoms with Crippen LogP contribution in [0.15, 0.2) is 30.3 Å². The van der Waals surface area contributed by atoms with Gasteiger partial charge in [-0.15, -0.1) is 0 Å². The van der Waals surface area contributed by atoms with Gasteiger partial charge in [-0.25, -0.2) is 4.98 Å². The van der Waals surface area contributed by atoms with Gasteiger partial charge in [0.2, 0.25) is 0 Å². The maximum Gasteiger partial charge on any atom is 0.256 e. The molecule has 0 aliphatic carbocycles. The fourth-order valence-corrected chi connectivity index (χ4v) is 4.09. The van der Waals surface area contributed by atoms with Crippen LogP contribution in [0.4, 0.5) is 5.82 Å². The van der Waals surface area contributed by atoms with E-state index in [9.17, 15) is 4.79 Å². The number of amides is 1. The van der Waals surface area contributed by atoms with E-state index in [1.807, 2.05) is 43.9 Å². The van der Waals surface area contributed by atoms with Gasteiger partial charge in [0.15, 0.2) is 0 Å². The van der Waals surface area contributed by atoms with Crippen LogP contribution in [0.2, 0.25) is 0 Å². The molecule has 4 rings (SSSR count). The summed E-state index contributed by atoms with van der Waals surface area (Å²) in [5.74, 6) is 1.82. The lowest BCUT2D eigenvalue weighted by molar-refractivity contribution is 0.0730. The Morgan fingerprint density at radius 3 is 2.69 bits per heavy atom. The zero-order chi connectivity index (χ0) is 20.5. The van der Waals surface area contributed by atoms with Gasteiger partial charge in [0.05, 0.1) is 29.4 Å². The van der Waals surface area contributed by atoms with Crippen molar-refractivity contribution in [3.63, 3.8) is 0 Å². The highest BCUT2D eigenvalue weighted by atomic mass is 16.5. The van der Waals surface area contributed by atoms with E-state index in [4.69, 9.17) is 15.0 Å². The van der Waals surface area contributed by atoms with Gasteiger partial charge in [-0.05, 0) is 50.6 Å². The van der Waals surface area contributed by atoms with Crippen molar-refractivity contribution >= 4 is 11.7 Å². The van der Waals surface area contributed by atoms with Gasteiger partial charge < -0.3 is 14.5 Å². The molecule has 150 valence electrons. The van der Waals surface area contributed by atoms with Crippen molar-refractivity contribution in [2.24, 2.45) is 0 Å². The summed E-state index contributed by atoms with van der Waals surface area (Å²) < 4.78 is 6.09. The van der Waals surface area contributed by atoms with Crippen LogP contribution >= 0.6 is 0 Å². The number of rotatable bonds is 4. The number of carbonyl (C=O) groups excluding carboxylic acids is 1. The lowest BCUT2D eigenvalue weighted by atomic mass is 10.1. The second-order valence-corrected chi connectivity index (χ2v) is 8.09. The lowest BCUT2D eigenvalue weighted by Crippen LogP contribution is -2.39. The van der Waals surface area contributed by atoms with E-state index in [1.54, 1.807) is 12.1 Å². The van der Waals surface area contributed by atoms with Gasteiger partial charge in [-0.1, -0.05) is 6.07 Å². The summed E-state index contributed by atoms with van der Waals surface area (Å²) in [5, 5.41) is 9.04. The molecule has 2 aromatic rings. The van der Waals surface area contributed by atoms with E-state index < -0.39 is 0 Å². The summed E-state index contributed by atoms with van der Waals surface area (Å²) >= 11 is 0. The van der Waals surface area contributed by atoms with Gasteiger partial charge in [-0.2, -0.15) is 5.26 Å². The van der Waals surface area contributed by atoms with Crippen molar-refractivity contribution in [1.29, 1.82) is 5.26 Å². The fourth-order valence-electron chi connectivity index (χ4n) is 4.09. The van der Waals surface area contributed by atoms with Crippen LogP contribution in [-0.2, 0) is 6.54 Å². The molecule has 6 nitrogen and oxygen atoms in total. The number of hydrogen-bond acceptors (Lipinski definition) is 5. The van der Waals surface area contributed by atoms with E-state index >= 15 is 0 Å². The molecule has 2 aliphatic heterocycles. The summed E-state index contributed by atoms with van der Waals surface area (Å²) in [6.07, 6.45) is 1.92. The molecule has 1 aromatic carbocycles. The van der Waals surface area contributed by atoms with Crippen LogP contribution in [-0.4, -0.2) is 41.0 Å². The molecule has 6 heteroatoms. The molecule has 0 saturated carbocycles. The molecule has 0 spiro atoms. The van der Waals surface area contributed by atoms with Crippen LogP contribution in [0.1, 0.15) is 53.9 Å². The maximum atomic E-state index is 12.6. The Morgan fingerprint density at radius 1 is 1.24 bits per heavy atom. The van der Waals surface area contributed by atoms with Crippen LogP contribution in [0, 0.1) is 18.3 Å². The van der Waals surface area contributed by atoms with E-state index in [-0.39, 0.29) is 18.1 Å². The first kappa shape index (κ1) is 19.3. The van der Waals surface area contributed by atoms with Crippen molar-refractivity contribution in [1.82, 2.24) is 9.88 Å². The van der Waals surface area contributed by atoms with Gasteiger partial charge in [-0.3, -0.25) is 4.79 Å². The van der Waals surface area contributed by atoms with Crippen molar-refractivity contribution in [3.8, 4) is 11.8 Å². The van der Waals surface area contributed by atoms with Crippen LogP contribution < -0.4 is 9.64 Å². The maximum absolute atomic E-state index is 12.6. The number of hydrogen-bond donors (Lipinski definition) is 0. The number of ether oxygens (including phenoxy) is 1. The zero-order valence-electron chi connectivity index (χ0n) is 17.2. The van der Waals surface area contributed by atoms with Gasteiger partial charge in [0.25, 0.3) is 5.91 Å². The first-order chi connectivity index (χ1) is 14.0. The normalized spacial score (nSPS) is 16.9. The highest BCUT2D eigenvalue weighted by Gasteiger charge is 2.32. The van der Waals surface area contributed by atoms with Crippen molar-refractivity contribution in [2.45, 2.75) is 52.3 Å². The quantitative estimate of drug-likeness (QED) is 0.797. The molecule has 0 bridgehead atoms. The number of nitriles is 1. The predicted octanol–water partition coefficient (Wildman–Crippen LogP) is 3.67. The Morgan fingerprint density at radius 2 is 2.00 bits per heavy atom. The zero-order valence-corrected chi connectivity index (χ0v) is 17.2. The minimum Gasteiger partial charge on any atom is -0.490 e. The number of fused-ring (bicyclic) bond motifs is 1. The largest absolute Gasteiger partial charge is 0.490 e. The van der Waals surface area contributed by atoms with E-state index in [0.29, 0.717) is 12.1 Å². The average molecular weight is 390 g/mol. The molecule has 0 N–H and O–H groups in total. The highest BCUT2D eigenvalue weighted by Crippen LogP contribution is 2.30. The minimum atomic E-state index is 0.0869. The summed E-state index contributed by atoms with van der Waals surface area (Å²) in [6, 6.07) is 11.6. The molecule has 1 saturated heterocycles. The molecule has 0 radical (unpaired) electrons. The third-order valence-electron chi connectivity index (χ3n) is 5.71. The third-order valence-corrected chi connectivity index (χ3v) is 5.71. The Bertz CT molecular complexity index is 971. The lowest BCUT2D eigenvalue weighted by Gasteiger charge is -2.34. The second-order valence-electron chi connectivity index (χ2n) is 8.09. The smallest absolute Gasteiger partial charge is 0.256 e. The standard InChI is InChI=1S/C23H26N4O2/c1-15(2)27-14-21-20(23(27)28)11-16(3)22(25-21)26-9-7-18(8-10-26)29-19-6-4-5-17(12-19)13-24/h4-6,11-12,15,18H,7-10,14H2,1-3H3. The average Bonchev–Trinajstić information content (AvgIpc) is 3.04. The number of nitrogens with zero attached hydrogens (tertiary/aromatic N) is 4. The molecule has 1 aromatic heterocycles. The van der Waals surface area contributed by atoms with Crippen LogP contribution in [0.5, 0.6) is 5.75 Å². The van der Waals surface area contributed by atoms with Crippen LogP contribution in [0.25, 0.3) is 0 Å². The van der Waals surface area contributed by atoms with Gasteiger partial charge in [0.1, 0.15) is 17.7 Å². The molecular weight excluding hydrogens is 364 g/mol. The molecule has 0 atom stereocenters. The van der Waals surface area contributed by atoms with Gasteiger partial charge in [0, 0.05) is 32.0 Å². The molecule has 1 amide bonds. The SMILES string of the molecule is Cc1cc2c(nc1N1CCC(Oc3cccc(C#N)c3)CC1)CN(C(C)C)C2=O. The first-order valence-corrected chi connectivity index (χ1v) is 10.2. The molecule has 29 heavy (non-hydrogen) atoms. The number of aromatic nitrogens is 1. The number of carbonyl (C=O) groups is 1. The number of aryl methyl sites for hydroxylation is 1. The molecular formula is C23H26N4O2. The molecule has 2 aliphatic rings. The monoisotopic (exact) mass is 390 g/mol. The minimum absolute atomic E-state index is 0.0869. The summed E-state index contributed by atoms with van der Waals surface area (Å²) in [7, 11) is 0. The fraction of sp³-hybridized carbons (Fsp3) is 0.435. The predicted molar refractivity (Wildman–Crippen MR) is 111 cm³/mol.